The van der Waals surface area contributed by atoms with Crippen molar-refractivity contribution >= 4 is 22.5 Å². The van der Waals surface area contributed by atoms with Crippen LogP contribution in [0.5, 0.6) is 0 Å². The molecule has 3 heterocycles. The summed E-state index contributed by atoms with van der Waals surface area (Å²) in [6, 6.07) is 8.74. The van der Waals surface area contributed by atoms with Crippen LogP contribution in [0.25, 0.3) is 27.7 Å². The third-order valence-electron chi connectivity index (χ3n) is 4.85. The number of benzene rings is 1. The lowest BCUT2D eigenvalue weighted by Gasteiger charge is -2.09. The van der Waals surface area contributed by atoms with Gasteiger partial charge in [0.25, 0.3) is 5.56 Å². The van der Waals surface area contributed by atoms with Gasteiger partial charge in [0.1, 0.15) is 40.9 Å². The second-order valence-corrected chi connectivity index (χ2v) is 6.77. The monoisotopic (exact) mass is 399 g/mol. The number of nitriles is 2. The summed E-state index contributed by atoms with van der Waals surface area (Å²) in [7, 11) is 0. The molecule has 0 saturated carbocycles. The number of pyridine rings is 1. The van der Waals surface area contributed by atoms with Gasteiger partial charge in [-0.15, -0.1) is 5.10 Å². The SMILES string of the molecule is CC(=O)n1c(C)nn2c(=O)c(C#N)c(-c3coc4ccc(C)cc4c3=O)c(C#N)c12. The quantitative estimate of drug-likeness (QED) is 0.479. The van der Waals surface area contributed by atoms with Crippen LogP contribution in [0, 0.1) is 36.5 Å². The highest BCUT2D eigenvalue weighted by Crippen LogP contribution is 2.28. The Morgan fingerprint density at radius 3 is 2.47 bits per heavy atom. The third kappa shape index (κ3) is 2.46. The number of rotatable bonds is 1. The molecule has 0 amide bonds. The van der Waals surface area contributed by atoms with E-state index >= 15 is 0 Å². The molecule has 0 unspecified atom stereocenters. The second-order valence-electron chi connectivity index (χ2n) is 6.77. The lowest BCUT2D eigenvalue weighted by Crippen LogP contribution is -2.23. The summed E-state index contributed by atoms with van der Waals surface area (Å²) in [5.74, 6) is -0.312. The van der Waals surface area contributed by atoms with E-state index in [0.717, 1.165) is 20.9 Å². The first-order chi connectivity index (χ1) is 14.3. The topological polar surface area (TPSA) is 134 Å². The van der Waals surface area contributed by atoms with E-state index in [0.29, 0.717) is 5.58 Å². The predicted molar refractivity (Wildman–Crippen MR) is 106 cm³/mol. The largest absolute Gasteiger partial charge is 0.463 e. The summed E-state index contributed by atoms with van der Waals surface area (Å²) >= 11 is 0. The van der Waals surface area contributed by atoms with Crippen LogP contribution in [0.4, 0.5) is 0 Å². The van der Waals surface area contributed by atoms with Gasteiger partial charge < -0.3 is 4.42 Å². The molecule has 0 fully saturated rings. The third-order valence-corrected chi connectivity index (χ3v) is 4.85. The minimum atomic E-state index is -0.840. The van der Waals surface area contributed by atoms with Crippen molar-refractivity contribution in [3.05, 3.63) is 67.6 Å². The Bertz CT molecular complexity index is 1610. The lowest BCUT2D eigenvalue weighted by molar-refractivity contribution is 0.0938. The highest BCUT2D eigenvalue weighted by atomic mass is 16.3. The molecule has 0 bridgehead atoms. The fourth-order valence-corrected chi connectivity index (χ4v) is 3.57. The summed E-state index contributed by atoms with van der Waals surface area (Å²) in [6.07, 6.45) is 1.12. The summed E-state index contributed by atoms with van der Waals surface area (Å²) in [5.41, 5.74) is -1.22. The molecule has 0 saturated heterocycles. The van der Waals surface area contributed by atoms with E-state index in [4.69, 9.17) is 4.42 Å². The molecular formula is C21H13N5O4. The van der Waals surface area contributed by atoms with E-state index in [1.807, 2.05) is 6.07 Å². The average Bonchev–Trinajstić information content (AvgIpc) is 3.06. The molecule has 4 rings (SSSR count). The van der Waals surface area contributed by atoms with Crippen molar-refractivity contribution in [2.24, 2.45) is 0 Å². The molecule has 4 aromatic rings. The summed E-state index contributed by atoms with van der Waals surface area (Å²) < 4.78 is 7.48. The highest BCUT2D eigenvalue weighted by molar-refractivity contribution is 5.90. The average molecular weight is 399 g/mol. The van der Waals surface area contributed by atoms with Crippen LogP contribution in [0.3, 0.4) is 0 Å². The molecule has 9 heteroatoms. The molecule has 1 aromatic carbocycles. The van der Waals surface area contributed by atoms with Gasteiger partial charge in [0.15, 0.2) is 5.65 Å². The molecule has 3 aromatic heterocycles. The van der Waals surface area contributed by atoms with Gasteiger partial charge in [-0.2, -0.15) is 15.0 Å². The number of fused-ring (bicyclic) bond motifs is 2. The first-order valence-corrected chi connectivity index (χ1v) is 8.82. The number of hydrogen-bond donors (Lipinski definition) is 0. The van der Waals surface area contributed by atoms with E-state index in [1.54, 1.807) is 31.2 Å². The van der Waals surface area contributed by atoms with Gasteiger partial charge in [-0.25, -0.2) is 4.57 Å². The molecule has 0 aliphatic carbocycles. The van der Waals surface area contributed by atoms with E-state index in [1.165, 1.54) is 13.8 Å². The Balaban J connectivity index is 2.28. The number of aryl methyl sites for hydroxylation is 2. The fourth-order valence-electron chi connectivity index (χ4n) is 3.57. The van der Waals surface area contributed by atoms with Gasteiger partial charge in [0.05, 0.1) is 10.9 Å². The maximum absolute atomic E-state index is 13.2. The molecule has 0 aliphatic rings. The van der Waals surface area contributed by atoms with Crippen LogP contribution in [-0.2, 0) is 0 Å². The van der Waals surface area contributed by atoms with Crippen LogP contribution in [0.15, 0.2) is 38.5 Å². The molecule has 0 N–H and O–H groups in total. The molecule has 0 aliphatic heterocycles. The zero-order chi connectivity index (χ0) is 21.7. The molecule has 9 nitrogen and oxygen atoms in total. The summed E-state index contributed by atoms with van der Waals surface area (Å²) in [4.78, 5) is 38.3. The Kier molecular flexibility index (Phi) is 4.11. The first-order valence-electron chi connectivity index (χ1n) is 8.82. The Morgan fingerprint density at radius 1 is 1.13 bits per heavy atom. The van der Waals surface area contributed by atoms with Crippen LogP contribution in [0.2, 0.25) is 0 Å². The number of carbonyl (C=O) groups is 1. The van der Waals surface area contributed by atoms with Crippen molar-refractivity contribution in [2.45, 2.75) is 20.8 Å². The maximum atomic E-state index is 13.2. The summed E-state index contributed by atoms with van der Waals surface area (Å²) in [6.45, 7) is 4.55. The highest BCUT2D eigenvalue weighted by Gasteiger charge is 2.27. The van der Waals surface area contributed by atoms with E-state index in [9.17, 15) is 24.9 Å². The Hall–Kier alpha value is -4.50. The molecule has 0 spiro atoms. The second kappa shape index (κ2) is 6.54. The van der Waals surface area contributed by atoms with Crippen LogP contribution in [-0.4, -0.2) is 20.1 Å². The van der Waals surface area contributed by atoms with Crippen LogP contribution < -0.4 is 11.0 Å². The Labute approximate surface area is 168 Å². The standard InChI is InChI=1S/C21H13N5O4/c1-10-4-5-17-13(6-10)19(28)16(9-30-17)18-14(7-22)20-25(12(3)27)11(2)24-26(20)21(29)15(18)8-23/h4-6,9H,1-3H3. The molecule has 146 valence electrons. The number of carbonyl (C=O) groups excluding carboxylic acids is 1. The zero-order valence-corrected chi connectivity index (χ0v) is 16.2. The molecule has 0 atom stereocenters. The van der Waals surface area contributed by atoms with Gasteiger partial charge in [-0.3, -0.25) is 14.4 Å². The van der Waals surface area contributed by atoms with E-state index in [-0.39, 0.29) is 33.5 Å². The first kappa shape index (κ1) is 18.8. The van der Waals surface area contributed by atoms with Gasteiger partial charge in [0.2, 0.25) is 11.3 Å². The number of nitrogens with zero attached hydrogens (tertiary/aromatic N) is 5. The van der Waals surface area contributed by atoms with Crippen molar-refractivity contribution in [2.75, 3.05) is 0 Å². The van der Waals surface area contributed by atoms with Crippen LogP contribution >= 0.6 is 0 Å². The molecule has 30 heavy (non-hydrogen) atoms. The van der Waals surface area contributed by atoms with Crippen molar-refractivity contribution < 1.29 is 9.21 Å². The van der Waals surface area contributed by atoms with E-state index in [2.05, 4.69) is 5.10 Å². The van der Waals surface area contributed by atoms with Gasteiger partial charge in [-0.1, -0.05) is 11.6 Å². The molecule has 0 radical (unpaired) electrons. The fraction of sp³-hybridized carbons (Fsp3) is 0.143. The Morgan fingerprint density at radius 2 is 1.83 bits per heavy atom. The number of aromatic nitrogens is 3. The minimum Gasteiger partial charge on any atom is -0.463 e. The number of hydrogen-bond acceptors (Lipinski definition) is 7. The van der Waals surface area contributed by atoms with Gasteiger partial charge >= 0.3 is 0 Å². The normalized spacial score (nSPS) is 10.8. The van der Waals surface area contributed by atoms with Crippen molar-refractivity contribution in [3.63, 3.8) is 0 Å². The predicted octanol–water partition coefficient (Wildman–Crippen LogP) is 2.29. The lowest BCUT2D eigenvalue weighted by atomic mass is 9.97. The van der Waals surface area contributed by atoms with Crippen molar-refractivity contribution in [1.29, 1.82) is 10.5 Å². The zero-order valence-electron chi connectivity index (χ0n) is 16.2. The summed E-state index contributed by atoms with van der Waals surface area (Å²) in [5, 5.41) is 23.8. The van der Waals surface area contributed by atoms with E-state index < -0.39 is 22.5 Å². The van der Waals surface area contributed by atoms with Crippen molar-refractivity contribution in [1.82, 2.24) is 14.2 Å². The minimum absolute atomic E-state index is 0.106. The van der Waals surface area contributed by atoms with Gasteiger partial charge in [0, 0.05) is 12.5 Å². The molecular weight excluding hydrogens is 386 g/mol. The smallest absolute Gasteiger partial charge is 0.291 e. The van der Waals surface area contributed by atoms with Crippen LogP contribution in [0.1, 0.15) is 34.2 Å². The maximum Gasteiger partial charge on any atom is 0.291 e. The van der Waals surface area contributed by atoms with Gasteiger partial charge in [-0.05, 0) is 26.0 Å². The van der Waals surface area contributed by atoms with Crippen molar-refractivity contribution in [3.8, 4) is 23.3 Å².